The van der Waals surface area contributed by atoms with Crippen molar-refractivity contribution < 1.29 is 14.6 Å². The number of carboxylic acids is 1. The zero-order chi connectivity index (χ0) is 23.1. The van der Waals surface area contributed by atoms with Crippen molar-refractivity contribution in [3.05, 3.63) is 24.5 Å². The molecule has 0 fully saturated rings. The first-order chi connectivity index (χ1) is 15.7. The van der Waals surface area contributed by atoms with E-state index in [1.165, 1.54) is 0 Å². The fourth-order valence-corrected chi connectivity index (χ4v) is 1.56. The number of terminal acetylenes is 1. The minimum Gasteiger partial charge on any atom is -0.481 e. The predicted molar refractivity (Wildman–Crippen MR) is 121 cm³/mol. The van der Waals surface area contributed by atoms with Crippen LogP contribution in [0.4, 0.5) is 5.69 Å². The van der Waals surface area contributed by atoms with E-state index in [1.54, 1.807) is 24.5 Å². The van der Waals surface area contributed by atoms with Crippen LogP contribution in [0.3, 0.4) is 0 Å². The molecule has 1 rings (SSSR count). The Morgan fingerprint density at radius 3 is 1.94 bits per heavy atom. The molecule has 1 heterocycles. The van der Waals surface area contributed by atoms with Gasteiger partial charge in [0.25, 0.3) is 0 Å². The Morgan fingerprint density at radius 2 is 1.47 bits per heavy atom. The Morgan fingerprint density at radius 1 is 0.938 bits per heavy atom. The minimum absolute atomic E-state index is 0.0684. The van der Waals surface area contributed by atoms with Gasteiger partial charge >= 0.3 is 5.97 Å². The second kappa shape index (κ2) is 17.5. The van der Waals surface area contributed by atoms with Crippen LogP contribution in [0, 0.1) is 107 Å². The van der Waals surface area contributed by atoms with Crippen molar-refractivity contribution in [2.45, 2.75) is 12.5 Å². The first-order valence-corrected chi connectivity index (χ1v) is 8.66. The van der Waals surface area contributed by atoms with E-state index in [0.29, 0.717) is 0 Å². The number of nitrogens with one attached hydrogen (secondary N) is 1. The quantitative estimate of drug-likeness (QED) is 0.538. The molecule has 5 heteroatoms. The van der Waals surface area contributed by atoms with Gasteiger partial charge < -0.3 is 15.2 Å². The second-order valence-electron chi connectivity index (χ2n) is 4.98. The van der Waals surface area contributed by atoms with E-state index in [-0.39, 0.29) is 13.2 Å². The van der Waals surface area contributed by atoms with E-state index in [0.717, 1.165) is 5.69 Å². The predicted octanol–water partition coefficient (Wildman–Crippen LogP) is 0.971. The lowest BCUT2D eigenvalue weighted by molar-refractivity contribution is -0.139. The largest absolute Gasteiger partial charge is 0.481 e. The lowest BCUT2D eigenvalue weighted by Crippen LogP contribution is -2.19. The number of hydrogen-bond acceptors (Lipinski definition) is 4. The fourth-order valence-electron chi connectivity index (χ4n) is 1.56. The summed E-state index contributed by atoms with van der Waals surface area (Å²) in [6.07, 6.45) is 7.06. The molecule has 1 unspecified atom stereocenters. The van der Waals surface area contributed by atoms with Crippen molar-refractivity contribution in [2.75, 3.05) is 12.0 Å². The summed E-state index contributed by atoms with van der Waals surface area (Å²) in [5.74, 6) is 40.6. The van der Waals surface area contributed by atoms with Crippen molar-refractivity contribution in [3.8, 4) is 107 Å². The van der Waals surface area contributed by atoms with Crippen LogP contribution in [-0.4, -0.2) is 28.9 Å². The molecule has 0 aliphatic carbocycles. The number of hydrogen-bond donors (Lipinski definition) is 2. The molecular weight excluding hydrogens is 400 g/mol. The van der Waals surface area contributed by atoms with Gasteiger partial charge in [0.1, 0.15) is 12.8 Å². The first-order valence-electron chi connectivity index (χ1n) is 8.66. The third kappa shape index (κ3) is 14.5. The summed E-state index contributed by atoms with van der Waals surface area (Å²) in [7, 11) is 0. The fraction of sp³-hybridized carbons (Fsp3) is 0.111. The molecule has 0 radical (unpaired) electrons. The van der Waals surface area contributed by atoms with E-state index in [9.17, 15) is 4.79 Å². The lowest BCUT2D eigenvalue weighted by atomic mass is 10.2. The molecule has 0 bridgehead atoms. The van der Waals surface area contributed by atoms with Crippen LogP contribution >= 0.6 is 0 Å². The van der Waals surface area contributed by atoms with Crippen molar-refractivity contribution in [1.29, 1.82) is 0 Å². The highest BCUT2D eigenvalue weighted by Gasteiger charge is 2.10. The average Bonchev–Trinajstić information content (AvgIpc) is 2.79. The number of anilines is 1. The highest BCUT2D eigenvalue weighted by atomic mass is 16.5. The summed E-state index contributed by atoms with van der Waals surface area (Å²) in [4.78, 5) is 14.9. The summed E-state index contributed by atoms with van der Waals surface area (Å²) in [5, 5.41) is 11.9. The lowest BCUT2D eigenvalue weighted by Gasteiger charge is -2.11. The van der Waals surface area contributed by atoms with Gasteiger partial charge in [0.05, 0.1) is 12.1 Å². The molecule has 32 heavy (non-hydrogen) atoms. The van der Waals surface area contributed by atoms with Gasteiger partial charge in [0.15, 0.2) is 0 Å². The van der Waals surface area contributed by atoms with Crippen molar-refractivity contribution in [3.63, 3.8) is 0 Å². The van der Waals surface area contributed by atoms with E-state index < -0.39 is 12.1 Å². The van der Waals surface area contributed by atoms with Crippen LogP contribution in [0.15, 0.2) is 24.5 Å². The highest BCUT2D eigenvalue weighted by Crippen LogP contribution is 2.03. The average molecular weight is 412 g/mol. The number of nitrogens with zero attached hydrogens (tertiary/aromatic N) is 1. The van der Waals surface area contributed by atoms with Gasteiger partial charge in [-0.25, -0.2) is 0 Å². The SMILES string of the molecule is C#CC#CC#CC#CC#CC#CC#CC#CC#CC(CC(=O)O)OCNc1cccnc1. The number of carbonyl (C=O) groups is 1. The van der Waals surface area contributed by atoms with Crippen LogP contribution in [0.1, 0.15) is 6.42 Å². The molecule has 0 saturated heterocycles. The van der Waals surface area contributed by atoms with Gasteiger partial charge in [-0.3, -0.25) is 9.78 Å². The van der Waals surface area contributed by atoms with Crippen LogP contribution < -0.4 is 5.32 Å². The topological polar surface area (TPSA) is 71.5 Å². The molecule has 2 N–H and O–H groups in total. The molecular formula is C27H12N2O3. The Hall–Kier alpha value is -5.58. The Balaban J connectivity index is 2.52. The molecule has 0 saturated carbocycles. The van der Waals surface area contributed by atoms with Gasteiger partial charge in [-0.1, -0.05) is 5.92 Å². The maximum absolute atomic E-state index is 10.9. The van der Waals surface area contributed by atoms with Gasteiger partial charge in [-0.15, -0.1) is 6.42 Å². The van der Waals surface area contributed by atoms with Gasteiger partial charge in [-0.05, 0) is 107 Å². The van der Waals surface area contributed by atoms with Gasteiger partial charge in [0.2, 0.25) is 0 Å². The van der Waals surface area contributed by atoms with E-state index >= 15 is 0 Å². The Labute approximate surface area is 187 Å². The molecule has 0 aromatic carbocycles. The number of rotatable bonds is 6. The number of carboxylic acid groups (broad SMARTS) is 1. The molecule has 1 aromatic rings. The number of ether oxygens (including phenoxy) is 1. The molecule has 0 aliphatic heterocycles. The third-order valence-corrected chi connectivity index (χ3v) is 2.76. The van der Waals surface area contributed by atoms with Crippen molar-refractivity contribution in [2.24, 2.45) is 0 Å². The first kappa shape index (κ1) is 24.5. The van der Waals surface area contributed by atoms with Crippen LogP contribution in [0.5, 0.6) is 0 Å². The van der Waals surface area contributed by atoms with Crippen LogP contribution in [0.2, 0.25) is 0 Å². The molecule has 5 nitrogen and oxygen atoms in total. The van der Waals surface area contributed by atoms with Crippen molar-refractivity contribution in [1.82, 2.24) is 4.98 Å². The minimum atomic E-state index is -1.04. The maximum atomic E-state index is 10.9. The molecule has 0 aliphatic rings. The standard InChI is InChI=1S/C27H12N2O3/c1-2-3-4-5-6-7-8-9-10-11-12-13-14-15-16-17-20-26(22-27(30)31)32-24-29-25-19-18-21-28-23-25/h1,18-19,21,23,26,29H,22,24H2,(H,30,31). The van der Waals surface area contributed by atoms with E-state index in [2.05, 4.69) is 111 Å². The third-order valence-electron chi connectivity index (χ3n) is 2.76. The maximum Gasteiger partial charge on any atom is 0.307 e. The number of aromatic nitrogens is 1. The van der Waals surface area contributed by atoms with E-state index in [1.807, 2.05) is 0 Å². The summed E-state index contributed by atoms with van der Waals surface area (Å²) in [6, 6.07) is 3.56. The van der Waals surface area contributed by atoms with Gasteiger partial charge in [-0.2, -0.15) is 0 Å². The van der Waals surface area contributed by atoms with Gasteiger partial charge in [0, 0.05) is 12.4 Å². The Kier molecular flexibility index (Phi) is 13.4. The summed E-state index contributed by atoms with van der Waals surface area (Å²) >= 11 is 0. The zero-order valence-corrected chi connectivity index (χ0v) is 16.6. The summed E-state index contributed by atoms with van der Waals surface area (Å²) in [6.45, 7) is 0.0684. The normalized spacial score (nSPS) is 7.72. The van der Waals surface area contributed by atoms with Crippen molar-refractivity contribution >= 4 is 11.7 Å². The molecule has 1 aromatic heterocycles. The van der Waals surface area contributed by atoms with E-state index in [4.69, 9.17) is 16.3 Å². The number of aliphatic carboxylic acids is 1. The smallest absolute Gasteiger partial charge is 0.307 e. The zero-order valence-electron chi connectivity index (χ0n) is 16.6. The molecule has 1 atom stereocenters. The van der Waals surface area contributed by atoms with Crippen LogP contribution in [0.25, 0.3) is 0 Å². The second-order valence-corrected chi connectivity index (χ2v) is 4.98. The molecule has 148 valence electrons. The summed E-state index contributed by atoms with van der Waals surface area (Å²) < 4.78 is 5.41. The van der Waals surface area contributed by atoms with Crippen LogP contribution in [-0.2, 0) is 9.53 Å². The number of pyridine rings is 1. The monoisotopic (exact) mass is 412 g/mol. The molecule has 0 amide bonds. The molecule has 0 spiro atoms. The highest BCUT2D eigenvalue weighted by molar-refractivity contribution is 5.68. The summed E-state index contributed by atoms with van der Waals surface area (Å²) in [5.41, 5.74) is 0.738. The Bertz CT molecular complexity index is 1360.